The maximum atomic E-state index is 12.9. The third-order valence-electron chi connectivity index (χ3n) is 6.45. The molecule has 1 N–H and O–H groups in total. The largest absolute Gasteiger partial charge is 0.497 e. The summed E-state index contributed by atoms with van der Waals surface area (Å²) >= 11 is 0. The number of ether oxygens (including phenoxy) is 1. The van der Waals surface area contributed by atoms with Crippen molar-refractivity contribution in [3.05, 3.63) is 53.6 Å². The first-order chi connectivity index (χ1) is 13.7. The first-order valence-electron chi connectivity index (χ1n) is 10.1. The molecule has 6 heteroatoms. The molecule has 2 aromatic carbocycles. The number of fused-ring (bicyclic) bond motifs is 1. The van der Waals surface area contributed by atoms with Crippen molar-refractivity contribution >= 4 is 24.2 Å². The monoisotopic (exact) mass is 393 g/mol. The van der Waals surface area contributed by atoms with Gasteiger partial charge in [0.05, 0.1) is 24.2 Å². The van der Waals surface area contributed by atoms with Crippen molar-refractivity contribution in [3.63, 3.8) is 0 Å². The summed E-state index contributed by atoms with van der Waals surface area (Å²) in [6, 6.07) is 13.7. The minimum Gasteiger partial charge on any atom is -0.497 e. The fourth-order valence-electron chi connectivity index (χ4n) is 3.91. The van der Waals surface area contributed by atoms with Crippen molar-refractivity contribution in [2.45, 2.75) is 57.7 Å². The zero-order chi connectivity index (χ0) is 20.8. The van der Waals surface area contributed by atoms with Crippen LogP contribution in [-0.2, 0) is 20.5 Å². The minimum absolute atomic E-state index is 0.0142. The molecule has 0 spiro atoms. The molecular formula is C23H28BNO4. The lowest BCUT2D eigenvalue weighted by Gasteiger charge is -2.32. The smallest absolute Gasteiger partial charge is 0.494 e. The molecule has 0 radical (unpaired) electrons. The van der Waals surface area contributed by atoms with Crippen molar-refractivity contribution in [1.82, 2.24) is 0 Å². The Morgan fingerprint density at radius 2 is 1.72 bits per heavy atom. The van der Waals surface area contributed by atoms with Crippen molar-refractivity contribution in [1.29, 1.82) is 0 Å². The number of rotatable bonds is 4. The number of amides is 1. The van der Waals surface area contributed by atoms with Gasteiger partial charge in [0, 0.05) is 5.69 Å². The van der Waals surface area contributed by atoms with Crippen LogP contribution in [0.1, 0.15) is 51.2 Å². The zero-order valence-corrected chi connectivity index (χ0v) is 17.7. The molecule has 0 saturated carbocycles. The number of hydrogen-bond donors (Lipinski definition) is 1. The van der Waals surface area contributed by atoms with Crippen molar-refractivity contribution < 1.29 is 18.8 Å². The second-order valence-electron chi connectivity index (χ2n) is 8.86. The van der Waals surface area contributed by atoms with Crippen LogP contribution in [0.25, 0.3) is 0 Å². The molecular weight excluding hydrogens is 365 g/mol. The molecule has 4 rings (SSSR count). The summed E-state index contributed by atoms with van der Waals surface area (Å²) < 4.78 is 17.5. The molecule has 152 valence electrons. The maximum absolute atomic E-state index is 12.9. The van der Waals surface area contributed by atoms with Crippen LogP contribution in [0, 0.1) is 0 Å². The van der Waals surface area contributed by atoms with Gasteiger partial charge in [0.1, 0.15) is 5.75 Å². The Kier molecular flexibility index (Phi) is 4.95. The van der Waals surface area contributed by atoms with Crippen LogP contribution in [0.15, 0.2) is 42.5 Å². The minimum atomic E-state index is -0.404. The highest BCUT2D eigenvalue weighted by molar-refractivity contribution is 6.62. The average Bonchev–Trinajstić information content (AvgIpc) is 3.19. The molecule has 29 heavy (non-hydrogen) atoms. The molecule has 1 unspecified atom stereocenters. The molecule has 1 aliphatic heterocycles. The summed E-state index contributed by atoms with van der Waals surface area (Å²) in [7, 11) is 1.24. The van der Waals surface area contributed by atoms with Gasteiger partial charge in [-0.15, -0.1) is 0 Å². The molecule has 2 aromatic rings. The van der Waals surface area contributed by atoms with Gasteiger partial charge in [-0.1, -0.05) is 18.2 Å². The first kappa shape index (κ1) is 20.0. The van der Waals surface area contributed by atoms with E-state index < -0.39 is 7.12 Å². The van der Waals surface area contributed by atoms with Gasteiger partial charge in [0.15, 0.2) is 0 Å². The Hall–Kier alpha value is -2.31. The number of hydrogen-bond acceptors (Lipinski definition) is 4. The number of nitrogens with one attached hydrogen (secondary N) is 1. The summed E-state index contributed by atoms with van der Waals surface area (Å²) in [5.41, 5.74) is 3.25. The van der Waals surface area contributed by atoms with Crippen molar-refractivity contribution in [2.75, 3.05) is 12.4 Å². The molecule has 1 aliphatic carbocycles. The van der Waals surface area contributed by atoms with E-state index in [1.165, 1.54) is 5.56 Å². The Morgan fingerprint density at radius 3 is 2.34 bits per heavy atom. The third kappa shape index (κ3) is 3.67. The van der Waals surface area contributed by atoms with E-state index in [4.69, 9.17) is 14.0 Å². The molecule has 1 saturated heterocycles. The summed E-state index contributed by atoms with van der Waals surface area (Å²) in [4.78, 5) is 12.9. The Labute approximate surface area is 172 Å². The highest BCUT2D eigenvalue weighted by Gasteiger charge is 2.51. The normalized spacial score (nSPS) is 21.7. The van der Waals surface area contributed by atoms with Crippen LogP contribution >= 0.6 is 0 Å². The van der Waals surface area contributed by atoms with E-state index in [-0.39, 0.29) is 23.0 Å². The summed E-state index contributed by atoms with van der Waals surface area (Å²) in [5.74, 6) is 0.651. The molecule has 0 bridgehead atoms. The quantitative estimate of drug-likeness (QED) is 0.806. The van der Waals surface area contributed by atoms with Gasteiger partial charge >= 0.3 is 7.12 Å². The highest BCUT2D eigenvalue weighted by atomic mass is 16.7. The second-order valence-corrected chi connectivity index (χ2v) is 8.86. The number of aryl methyl sites for hydroxylation is 1. The van der Waals surface area contributed by atoms with Gasteiger partial charge in [-0.2, -0.15) is 0 Å². The van der Waals surface area contributed by atoms with E-state index in [9.17, 15) is 4.79 Å². The van der Waals surface area contributed by atoms with Gasteiger partial charge in [0.25, 0.3) is 0 Å². The van der Waals surface area contributed by atoms with Crippen molar-refractivity contribution in [2.24, 2.45) is 0 Å². The Balaban J connectivity index is 1.45. The SMILES string of the molecule is COc1ccc2c(c1)C(C(=O)Nc1ccc(B3OC(C)(C)C(C)(C)O3)cc1)CC2. The van der Waals surface area contributed by atoms with Crippen molar-refractivity contribution in [3.8, 4) is 5.75 Å². The van der Waals surface area contributed by atoms with Gasteiger partial charge in [-0.05, 0) is 81.4 Å². The molecule has 2 aliphatic rings. The van der Waals surface area contributed by atoms with E-state index in [0.717, 1.165) is 35.3 Å². The number of methoxy groups -OCH3 is 1. The lowest BCUT2D eigenvalue weighted by atomic mass is 9.79. The molecule has 1 amide bonds. The lowest BCUT2D eigenvalue weighted by Crippen LogP contribution is -2.41. The third-order valence-corrected chi connectivity index (χ3v) is 6.45. The first-order valence-corrected chi connectivity index (χ1v) is 10.1. The summed E-state index contributed by atoms with van der Waals surface area (Å²) in [5, 5.41) is 3.05. The van der Waals surface area contributed by atoms with E-state index in [1.54, 1.807) is 7.11 Å². The average molecular weight is 393 g/mol. The number of anilines is 1. The number of carbonyl (C=O) groups is 1. The predicted molar refractivity (Wildman–Crippen MR) is 115 cm³/mol. The van der Waals surface area contributed by atoms with Gasteiger partial charge in [0.2, 0.25) is 5.91 Å². The fraction of sp³-hybridized carbons (Fsp3) is 0.435. The van der Waals surface area contributed by atoms with E-state index in [1.807, 2.05) is 64.1 Å². The van der Waals surface area contributed by atoms with Gasteiger partial charge < -0.3 is 19.4 Å². The number of carbonyl (C=O) groups excluding carboxylic acids is 1. The number of benzene rings is 2. The van der Waals surface area contributed by atoms with E-state index in [2.05, 4.69) is 11.4 Å². The summed E-state index contributed by atoms with van der Waals surface area (Å²) in [6.45, 7) is 8.15. The van der Waals surface area contributed by atoms with Crippen LogP contribution in [0.4, 0.5) is 5.69 Å². The molecule has 5 nitrogen and oxygen atoms in total. The summed E-state index contributed by atoms with van der Waals surface area (Å²) in [6.07, 6.45) is 1.73. The van der Waals surface area contributed by atoms with Crippen LogP contribution in [0.5, 0.6) is 5.75 Å². The Bertz CT molecular complexity index is 907. The Morgan fingerprint density at radius 1 is 1.07 bits per heavy atom. The molecule has 1 heterocycles. The van der Waals surface area contributed by atoms with Crippen LogP contribution in [0.3, 0.4) is 0 Å². The maximum Gasteiger partial charge on any atom is 0.494 e. The predicted octanol–water partition coefficient (Wildman–Crippen LogP) is 3.66. The lowest BCUT2D eigenvalue weighted by molar-refractivity contribution is -0.117. The standard InChI is InChI=1S/C23H28BNO4/c1-22(2)23(3,4)29-24(28-22)16-8-10-17(11-9-16)25-21(26)19-13-7-15-6-12-18(27-5)14-20(15)19/h6,8-12,14,19H,7,13H2,1-5H3,(H,25,26). The van der Waals surface area contributed by atoms with E-state index >= 15 is 0 Å². The zero-order valence-electron chi connectivity index (χ0n) is 17.7. The topological polar surface area (TPSA) is 56.8 Å². The van der Waals surface area contributed by atoms with Crippen LogP contribution < -0.4 is 15.5 Å². The van der Waals surface area contributed by atoms with Gasteiger partial charge in [-0.3, -0.25) is 4.79 Å². The van der Waals surface area contributed by atoms with Crippen LogP contribution in [-0.4, -0.2) is 31.3 Å². The fourth-order valence-corrected chi connectivity index (χ4v) is 3.91. The van der Waals surface area contributed by atoms with Crippen LogP contribution in [0.2, 0.25) is 0 Å². The molecule has 0 aromatic heterocycles. The molecule has 1 atom stereocenters. The highest BCUT2D eigenvalue weighted by Crippen LogP contribution is 2.37. The van der Waals surface area contributed by atoms with E-state index in [0.29, 0.717) is 0 Å². The van der Waals surface area contributed by atoms with Gasteiger partial charge in [-0.25, -0.2) is 0 Å². The molecule has 1 fully saturated rings. The second kappa shape index (κ2) is 7.19.